The number of benzene rings is 1. The highest BCUT2D eigenvalue weighted by atomic mass is 16.6. The molecule has 1 aliphatic rings. The molecule has 0 radical (unpaired) electrons. The first-order valence-corrected chi connectivity index (χ1v) is 9.06. The zero-order chi connectivity index (χ0) is 19.6. The van der Waals surface area contributed by atoms with Crippen LogP contribution in [0.5, 0.6) is 5.75 Å². The lowest BCUT2D eigenvalue weighted by molar-refractivity contribution is 0.0256. The van der Waals surface area contributed by atoms with Crippen molar-refractivity contribution in [2.24, 2.45) is 0 Å². The van der Waals surface area contributed by atoms with Crippen LogP contribution in [0, 0.1) is 0 Å². The Hall–Kier alpha value is -2.82. The fraction of sp³-hybridized carbons (Fsp3) is 0.364. The van der Waals surface area contributed by atoms with Crippen molar-refractivity contribution in [3.05, 3.63) is 54.3 Å². The number of hydrogen-bond donors (Lipinski definition) is 0. The average Bonchev–Trinajstić information content (AvgIpc) is 2.65. The van der Waals surface area contributed by atoms with E-state index in [1.54, 1.807) is 19.1 Å². The fourth-order valence-electron chi connectivity index (χ4n) is 2.95. The minimum Gasteiger partial charge on any atom is -0.497 e. The van der Waals surface area contributed by atoms with Crippen LogP contribution in [0.1, 0.15) is 32.9 Å². The maximum absolute atomic E-state index is 12.2. The van der Waals surface area contributed by atoms with E-state index in [1.165, 1.54) is 0 Å². The Balaban J connectivity index is 1.73. The van der Waals surface area contributed by atoms with Gasteiger partial charge in [0.1, 0.15) is 11.4 Å². The Kier molecular flexibility index (Phi) is 5.22. The number of allylic oxidation sites excluding steroid dienone is 2. The van der Waals surface area contributed by atoms with Crippen molar-refractivity contribution >= 4 is 22.6 Å². The Morgan fingerprint density at radius 1 is 1.22 bits per heavy atom. The minimum absolute atomic E-state index is 0.0201. The molecule has 27 heavy (non-hydrogen) atoms. The number of pyridine rings is 1. The number of hydrogen-bond acceptors (Lipinski definition) is 4. The Morgan fingerprint density at radius 2 is 2.00 bits per heavy atom. The van der Waals surface area contributed by atoms with Crippen LogP contribution < -0.4 is 4.74 Å². The van der Waals surface area contributed by atoms with Crippen molar-refractivity contribution in [1.82, 2.24) is 9.88 Å². The van der Waals surface area contributed by atoms with Crippen molar-refractivity contribution in [2.45, 2.75) is 38.8 Å². The molecule has 0 spiro atoms. The molecule has 0 saturated heterocycles. The molecule has 1 aromatic heterocycles. The van der Waals surface area contributed by atoms with Gasteiger partial charge < -0.3 is 14.4 Å². The summed E-state index contributed by atoms with van der Waals surface area (Å²) in [5.41, 5.74) is 2.40. The normalized spacial score (nSPS) is 16.8. The second-order valence-corrected chi connectivity index (χ2v) is 7.67. The number of fused-ring (bicyclic) bond motifs is 1. The lowest BCUT2D eigenvalue weighted by Gasteiger charge is -2.30. The van der Waals surface area contributed by atoms with Crippen LogP contribution in [0.25, 0.3) is 16.5 Å². The summed E-state index contributed by atoms with van der Waals surface area (Å²) in [6, 6.07) is 9.89. The molecule has 5 nitrogen and oxygen atoms in total. The minimum atomic E-state index is -0.498. The molecule has 5 heteroatoms. The molecule has 1 heterocycles. The van der Waals surface area contributed by atoms with Crippen molar-refractivity contribution in [1.29, 1.82) is 0 Å². The summed E-state index contributed by atoms with van der Waals surface area (Å²) < 4.78 is 10.7. The molecular formula is C22H26N2O3. The van der Waals surface area contributed by atoms with Gasteiger partial charge in [-0.25, -0.2) is 9.78 Å². The number of nitrogens with zero attached hydrogens (tertiary/aromatic N) is 2. The fourth-order valence-corrected chi connectivity index (χ4v) is 2.95. The van der Waals surface area contributed by atoms with Gasteiger partial charge in [0.05, 0.1) is 24.4 Å². The number of methoxy groups -OCH3 is 1. The van der Waals surface area contributed by atoms with Crippen molar-refractivity contribution in [2.75, 3.05) is 14.2 Å². The highest BCUT2D eigenvalue weighted by Gasteiger charge is 2.24. The van der Waals surface area contributed by atoms with E-state index >= 15 is 0 Å². The summed E-state index contributed by atoms with van der Waals surface area (Å²) in [6.45, 7) is 5.61. The number of aromatic nitrogens is 1. The third-order valence-corrected chi connectivity index (χ3v) is 4.45. The highest BCUT2D eigenvalue weighted by molar-refractivity contribution is 5.84. The van der Waals surface area contributed by atoms with Crippen LogP contribution in [0.2, 0.25) is 0 Å². The monoisotopic (exact) mass is 366 g/mol. The molecule has 1 aliphatic carbocycles. The smallest absolute Gasteiger partial charge is 0.410 e. The van der Waals surface area contributed by atoms with E-state index in [2.05, 4.69) is 6.08 Å². The van der Waals surface area contributed by atoms with Crippen molar-refractivity contribution < 1.29 is 14.3 Å². The molecule has 1 aromatic carbocycles. The second-order valence-electron chi connectivity index (χ2n) is 7.67. The molecule has 0 fully saturated rings. The number of likely N-dealkylation sites (N-methyl/N-ethyl adjacent to an activating group) is 1. The molecule has 0 N–H and O–H groups in total. The van der Waals surface area contributed by atoms with Crippen LogP contribution in [0.3, 0.4) is 0 Å². The predicted octanol–water partition coefficient (Wildman–Crippen LogP) is 4.82. The van der Waals surface area contributed by atoms with Crippen LogP contribution in [-0.2, 0) is 4.74 Å². The lowest BCUT2D eigenvalue weighted by Crippen LogP contribution is -2.40. The first kappa shape index (κ1) is 19.0. The Labute approximate surface area is 160 Å². The number of rotatable bonds is 3. The van der Waals surface area contributed by atoms with Crippen molar-refractivity contribution in [3.63, 3.8) is 0 Å². The molecule has 1 atom stereocenters. The van der Waals surface area contributed by atoms with Crippen LogP contribution in [-0.4, -0.2) is 41.8 Å². The molecule has 0 aliphatic heterocycles. The van der Waals surface area contributed by atoms with E-state index in [0.717, 1.165) is 34.3 Å². The highest BCUT2D eigenvalue weighted by Crippen LogP contribution is 2.26. The van der Waals surface area contributed by atoms with Gasteiger partial charge in [-0.1, -0.05) is 24.3 Å². The summed E-state index contributed by atoms with van der Waals surface area (Å²) in [7, 11) is 3.43. The van der Waals surface area contributed by atoms with E-state index in [9.17, 15) is 4.79 Å². The lowest BCUT2D eigenvalue weighted by atomic mass is 9.99. The predicted molar refractivity (Wildman–Crippen MR) is 108 cm³/mol. The van der Waals surface area contributed by atoms with Gasteiger partial charge in [-0.3, -0.25) is 0 Å². The van der Waals surface area contributed by atoms with E-state index in [1.807, 2.05) is 63.3 Å². The zero-order valence-corrected chi connectivity index (χ0v) is 16.5. The van der Waals surface area contributed by atoms with E-state index in [0.29, 0.717) is 0 Å². The molecule has 2 aromatic rings. The maximum atomic E-state index is 12.2. The molecular weight excluding hydrogens is 340 g/mol. The number of amides is 1. The summed E-state index contributed by atoms with van der Waals surface area (Å²) in [4.78, 5) is 18.6. The molecule has 1 amide bonds. The van der Waals surface area contributed by atoms with Gasteiger partial charge >= 0.3 is 6.09 Å². The van der Waals surface area contributed by atoms with Crippen LogP contribution in [0.15, 0.2) is 48.6 Å². The van der Waals surface area contributed by atoms with Gasteiger partial charge in [-0.2, -0.15) is 0 Å². The SMILES string of the molecule is COc1ccc2nc(C3=CCC(N(C)C(=O)OC(C)(C)C)C=C3)ccc2c1. The molecule has 142 valence electrons. The van der Waals surface area contributed by atoms with Crippen LogP contribution >= 0.6 is 0 Å². The molecule has 0 bridgehead atoms. The van der Waals surface area contributed by atoms with Gasteiger partial charge in [0.25, 0.3) is 0 Å². The largest absolute Gasteiger partial charge is 0.497 e. The first-order chi connectivity index (χ1) is 12.8. The van der Waals surface area contributed by atoms with E-state index in [-0.39, 0.29) is 12.1 Å². The number of carbonyl (C=O) groups is 1. The summed E-state index contributed by atoms with van der Waals surface area (Å²) in [5, 5.41) is 1.04. The van der Waals surface area contributed by atoms with E-state index < -0.39 is 5.60 Å². The van der Waals surface area contributed by atoms with Gasteiger partial charge in [-0.15, -0.1) is 0 Å². The molecule has 3 rings (SSSR count). The topological polar surface area (TPSA) is 51.7 Å². The Morgan fingerprint density at radius 3 is 2.63 bits per heavy atom. The van der Waals surface area contributed by atoms with Crippen molar-refractivity contribution in [3.8, 4) is 5.75 Å². The third kappa shape index (κ3) is 4.48. The maximum Gasteiger partial charge on any atom is 0.410 e. The Bertz CT molecular complexity index is 909. The number of carbonyl (C=O) groups excluding carboxylic acids is 1. The second kappa shape index (κ2) is 7.43. The van der Waals surface area contributed by atoms with Crippen LogP contribution in [0.4, 0.5) is 4.79 Å². The van der Waals surface area contributed by atoms with Gasteiger partial charge in [0.2, 0.25) is 0 Å². The van der Waals surface area contributed by atoms with Gasteiger partial charge in [0, 0.05) is 12.4 Å². The van der Waals surface area contributed by atoms with Gasteiger partial charge in [-0.05, 0) is 57.0 Å². The average molecular weight is 366 g/mol. The third-order valence-electron chi connectivity index (χ3n) is 4.45. The summed E-state index contributed by atoms with van der Waals surface area (Å²) >= 11 is 0. The quantitative estimate of drug-likeness (QED) is 0.781. The molecule has 1 unspecified atom stereocenters. The first-order valence-electron chi connectivity index (χ1n) is 9.06. The summed E-state index contributed by atoms with van der Waals surface area (Å²) in [5.74, 6) is 0.821. The van der Waals surface area contributed by atoms with Gasteiger partial charge in [0.15, 0.2) is 0 Å². The molecule has 0 saturated carbocycles. The summed E-state index contributed by atoms with van der Waals surface area (Å²) in [6.07, 6.45) is 6.57. The standard InChI is InChI=1S/C22H26N2O3/c1-22(2,3)27-21(25)24(4)17-9-6-15(7-10-17)19-12-8-16-14-18(26-5)11-13-20(16)23-19/h6-9,11-14,17H,10H2,1-5H3. The number of ether oxygens (including phenoxy) is 2. The zero-order valence-electron chi connectivity index (χ0n) is 16.5. The van der Waals surface area contributed by atoms with E-state index in [4.69, 9.17) is 14.5 Å².